The highest BCUT2D eigenvalue weighted by Gasteiger charge is 2.07. The van der Waals surface area contributed by atoms with Gasteiger partial charge >= 0.3 is 5.97 Å². The van der Waals surface area contributed by atoms with Crippen molar-refractivity contribution in [2.24, 2.45) is 0 Å². The summed E-state index contributed by atoms with van der Waals surface area (Å²) >= 11 is 0. The van der Waals surface area contributed by atoms with Crippen LogP contribution in [-0.2, 0) is 9.47 Å². The molecule has 0 fully saturated rings. The van der Waals surface area contributed by atoms with Crippen molar-refractivity contribution in [2.45, 2.75) is 25.9 Å². The molecule has 4 nitrogen and oxygen atoms in total. The molecule has 18 heavy (non-hydrogen) atoms. The van der Waals surface area contributed by atoms with Crippen LogP contribution >= 0.6 is 0 Å². The Morgan fingerprint density at radius 3 is 2.39 bits per heavy atom. The number of aliphatic hydroxyl groups excluding tert-OH is 1. The van der Waals surface area contributed by atoms with Gasteiger partial charge in [-0.15, -0.1) is 0 Å². The van der Waals surface area contributed by atoms with Crippen molar-refractivity contribution in [2.75, 3.05) is 20.3 Å². The molecule has 1 rings (SSSR count). The van der Waals surface area contributed by atoms with Crippen molar-refractivity contribution in [3.05, 3.63) is 35.4 Å². The third-order valence-electron chi connectivity index (χ3n) is 2.60. The summed E-state index contributed by atoms with van der Waals surface area (Å²) in [6.07, 6.45) is 1.15. The average molecular weight is 252 g/mol. The van der Waals surface area contributed by atoms with E-state index in [0.29, 0.717) is 18.8 Å². The summed E-state index contributed by atoms with van der Waals surface area (Å²) in [5.41, 5.74) is 1.29. The van der Waals surface area contributed by atoms with Crippen LogP contribution in [0.5, 0.6) is 0 Å². The normalized spacial score (nSPS) is 12.2. The molecule has 1 aromatic carbocycles. The second kappa shape index (κ2) is 7.84. The predicted octanol–water partition coefficient (Wildman–Crippen LogP) is 2.32. The van der Waals surface area contributed by atoms with Gasteiger partial charge in [-0.05, 0) is 37.5 Å². The Bertz CT molecular complexity index is 357. The average Bonchev–Trinajstić information content (AvgIpc) is 2.38. The van der Waals surface area contributed by atoms with E-state index < -0.39 is 6.10 Å². The lowest BCUT2D eigenvalue weighted by Crippen LogP contribution is -2.07. The Balaban J connectivity index is 2.37. The number of unbranched alkanes of at least 4 members (excludes halogenated alkanes) is 1. The number of hydrogen-bond acceptors (Lipinski definition) is 4. The topological polar surface area (TPSA) is 55.8 Å². The standard InChI is InChI=1S/C14H20O4/c1-11(15)12-5-7-13(8-6-12)14(16)18-10-4-3-9-17-2/h5-8,11,15H,3-4,9-10H2,1-2H3. The van der Waals surface area contributed by atoms with E-state index in [1.807, 2.05) is 0 Å². The van der Waals surface area contributed by atoms with Crippen LogP contribution in [-0.4, -0.2) is 31.4 Å². The zero-order valence-corrected chi connectivity index (χ0v) is 10.9. The molecule has 1 atom stereocenters. The van der Waals surface area contributed by atoms with E-state index in [2.05, 4.69) is 0 Å². The molecule has 0 aliphatic rings. The smallest absolute Gasteiger partial charge is 0.338 e. The van der Waals surface area contributed by atoms with Gasteiger partial charge in [0.25, 0.3) is 0 Å². The maximum absolute atomic E-state index is 11.6. The predicted molar refractivity (Wildman–Crippen MR) is 68.5 cm³/mol. The Hall–Kier alpha value is -1.39. The second-order valence-electron chi connectivity index (χ2n) is 4.13. The summed E-state index contributed by atoms with van der Waals surface area (Å²) in [6.45, 7) is 2.77. The first-order chi connectivity index (χ1) is 8.65. The number of rotatable bonds is 7. The van der Waals surface area contributed by atoms with E-state index >= 15 is 0 Å². The molecule has 0 spiro atoms. The maximum Gasteiger partial charge on any atom is 0.338 e. The van der Waals surface area contributed by atoms with Crippen LogP contribution in [0.1, 0.15) is 41.8 Å². The molecule has 1 N–H and O–H groups in total. The van der Waals surface area contributed by atoms with Crippen molar-refractivity contribution in [1.29, 1.82) is 0 Å². The first-order valence-electron chi connectivity index (χ1n) is 6.09. The first kappa shape index (κ1) is 14.7. The lowest BCUT2D eigenvalue weighted by Gasteiger charge is -2.07. The molecule has 0 aliphatic heterocycles. The maximum atomic E-state index is 11.6. The number of carbonyl (C=O) groups excluding carboxylic acids is 1. The lowest BCUT2D eigenvalue weighted by molar-refractivity contribution is 0.0489. The fourth-order valence-electron chi connectivity index (χ4n) is 1.49. The minimum atomic E-state index is -0.524. The molecule has 0 aromatic heterocycles. The fourth-order valence-corrected chi connectivity index (χ4v) is 1.49. The van der Waals surface area contributed by atoms with E-state index in [1.165, 1.54) is 0 Å². The van der Waals surface area contributed by atoms with Gasteiger partial charge in [-0.1, -0.05) is 12.1 Å². The largest absolute Gasteiger partial charge is 0.462 e. The van der Waals surface area contributed by atoms with Gasteiger partial charge in [0.15, 0.2) is 0 Å². The quantitative estimate of drug-likeness (QED) is 0.597. The summed E-state index contributed by atoms with van der Waals surface area (Å²) < 4.78 is 10.0. The molecule has 1 unspecified atom stereocenters. The van der Waals surface area contributed by atoms with Crippen LogP contribution in [0.4, 0.5) is 0 Å². The Morgan fingerprint density at radius 1 is 1.22 bits per heavy atom. The molecule has 4 heteroatoms. The van der Waals surface area contributed by atoms with E-state index in [-0.39, 0.29) is 5.97 Å². The monoisotopic (exact) mass is 252 g/mol. The molecule has 0 bridgehead atoms. The highest BCUT2D eigenvalue weighted by atomic mass is 16.5. The Labute approximate surface area is 108 Å². The molecule has 0 amide bonds. The van der Waals surface area contributed by atoms with Crippen LogP contribution in [0.15, 0.2) is 24.3 Å². The number of esters is 1. The molecule has 0 aliphatic carbocycles. The van der Waals surface area contributed by atoms with Crippen LogP contribution in [0, 0.1) is 0 Å². The first-order valence-corrected chi connectivity index (χ1v) is 6.09. The van der Waals surface area contributed by atoms with E-state index in [1.54, 1.807) is 38.3 Å². The van der Waals surface area contributed by atoms with Gasteiger partial charge < -0.3 is 14.6 Å². The van der Waals surface area contributed by atoms with Gasteiger partial charge in [0.2, 0.25) is 0 Å². The van der Waals surface area contributed by atoms with Crippen LogP contribution < -0.4 is 0 Å². The lowest BCUT2D eigenvalue weighted by atomic mass is 10.1. The summed E-state index contributed by atoms with van der Waals surface area (Å²) in [5, 5.41) is 9.35. The molecular formula is C14H20O4. The molecule has 0 heterocycles. The van der Waals surface area contributed by atoms with Gasteiger partial charge in [0.05, 0.1) is 18.3 Å². The van der Waals surface area contributed by atoms with Gasteiger partial charge in [-0.3, -0.25) is 0 Å². The van der Waals surface area contributed by atoms with Gasteiger partial charge in [0.1, 0.15) is 0 Å². The Morgan fingerprint density at radius 2 is 1.83 bits per heavy atom. The molecule has 100 valence electrons. The van der Waals surface area contributed by atoms with Crippen LogP contribution in [0.2, 0.25) is 0 Å². The number of methoxy groups -OCH3 is 1. The van der Waals surface area contributed by atoms with Crippen LogP contribution in [0.3, 0.4) is 0 Å². The summed E-state index contributed by atoms with van der Waals surface area (Å²) in [5.74, 6) is -0.329. The molecular weight excluding hydrogens is 232 g/mol. The third kappa shape index (κ3) is 4.85. The molecule has 0 saturated heterocycles. The SMILES string of the molecule is COCCCCOC(=O)c1ccc(C(C)O)cc1. The number of hydrogen-bond donors (Lipinski definition) is 1. The minimum Gasteiger partial charge on any atom is -0.462 e. The zero-order chi connectivity index (χ0) is 13.4. The summed E-state index contributed by atoms with van der Waals surface area (Å²) in [4.78, 5) is 11.6. The van der Waals surface area contributed by atoms with Crippen molar-refractivity contribution < 1.29 is 19.4 Å². The fraction of sp³-hybridized carbons (Fsp3) is 0.500. The zero-order valence-electron chi connectivity index (χ0n) is 10.9. The summed E-state index contributed by atoms with van der Waals surface area (Å²) in [7, 11) is 1.65. The molecule has 0 saturated carbocycles. The van der Waals surface area contributed by atoms with E-state index in [9.17, 15) is 9.90 Å². The van der Waals surface area contributed by atoms with E-state index in [4.69, 9.17) is 9.47 Å². The van der Waals surface area contributed by atoms with Crippen molar-refractivity contribution in [3.63, 3.8) is 0 Å². The third-order valence-corrected chi connectivity index (χ3v) is 2.60. The van der Waals surface area contributed by atoms with Crippen molar-refractivity contribution in [3.8, 4) is 0 Å². The van der Waals surface area contributed by atoms with E-state index in [0.717, 1.165) is 18.4 Å². The highest BCUT2D eigenvalue weighted by molar-refractivity contribution is 5.89. The number of ether oxygens (including phenoxy) is 2. The number of carbonyl (C=O) groups is 1. The highest BCUT2D eigenvalue weighted by Crippen LogP contribution is 2.13. The van der Waals surface area contributed by atoms with Gasteiger partial charge in [-0.25, -0.2) is 4.79 Å². The molecule has 1 aromatic rings. The number of benzene rings is 1. The van der Waals surface area contributed by atoms with Gasteiger partial charge in [-0.2, -0.15) is 0 Å². The van der Waals surface area contributed by atoms with Gasteiger partial charge in [0, 0.05) is 13.7 Å². The van der Waals surface area contributed by atoms with Crippen molar-refractivity contribution in [1.82, 2.24) is 0 Å². The van der Waals surface area contributed by atoms with Crippen LogP contribution in [0.25, 0.3) is 0 Å². The second-order valence-corrected chi connectivity index (χ2v) is 4.13. The minimum absolute atomic E-state index is 0.329. The molecule has 0 radical (unpaired) electrons. The Kier molecular flexibility index (Phi) is 6.39. The number of aliphatic hydroxyl groups is 1. The van der Waals surface area contributed by atoms with Crippen molar-refractivity contribution >= 4 is 5.97 Å². The summed E-state index contributed by atoms with van der Waals surface area (Å²) in [6, 6.07) is 6.79.